The van der Waals surface area contributed by atoms with Crippen LogP contribution >= 0.6 is 23.2 Å². The van der Waals surface area contributed by atoms with Crippen LogP contribution in [0.4, 0.5) is 5.69 Å². The van der Waals surface area contributed by atoms with Crippen LogP contribution in [0.25, 0.3) is 0 Å². The zero-order valence-electron chi connectivity index (χ0n) is 8.40. The third kappa shape index (κ3) is 1.95. The number of carbonyl (C=O) groups excluding carboxylic acids is 1. The third-order valence-corrected chi connectivity index (χ3v) is 3.19. The number of hydrogen-bond donors (Lipinski definition) is 2. The molecule has 0 aliphatic heterocycles. The number of alkyl halides is 1. The Kier molecular flexibility index (Phi) is 3.21. The van der Waals surface area contributed by atoms with Gasteiger partial charge in [0, 0.05) is 5.69 Å². The maximum absolute atomic E-state index is 11.5. The number of pyridine rings is 1. The molecule has 2 rings (SSSR count). The largest absolute Gasteiger partial charge is 0.325 e. The third-order valence-electron chi connectivity index (χ3n) is 2.59. The summed E-state index contributed by atoms with van der Waals surface area (Å²) < 4.78 is 0. The second kappa shape index (κ2) is 4.47. The molecule has 0 atom stereocenters. The fourth-order valence-corrected chi connectivity index (χ4v) is 2.17. The maximum Gasteiger partial charge on any atom is 0.269 e. The summed E-state index contributed by atoms with van der Waals surface area (Å²) in [5, 5.41) is 2.61. The minimum atomic E-state index is -0.368. The van der Waals surface area contributed by atoms with E-state index in [4.69, 9.17) is 23.2 Å². The number of rotatable bonds is 2. The Morgan fingerprint density at radius 3 is 2.88 bits per heavy atom. The van der Waals surface area contributed by atoms with Gasteiger partial charge in [0.25, 0.3) is 5.56 Å². The van der Waals surface area contributed by atoms with Crippen molar-refractivity contribution in [3.63, 3.8) is 0 Å². The number of nitrogens with one attached hydrogen (secondary N) is 2. The average Bonchev–Trinajstić information content (AvgIpc) is 2.71. The van der Waals surface area contributed by atoms with Crippen molar-refractivity contribution in [2.75, 3.05) is 11.2 Å². The number of fused-ring (bicyclic) bond motifs is 1. The van der Waals surface area contributed by atoms with Gasteiger partial charge >= 0.3 is 0 Å². The van der Waals surface area contributed by atoms with E-state index in [1.165, 1.54) is 0 Å². The van der Waals surface area contributed by atoms with Crippen LogP contribution in [0.3, 0.4) is 0 Å². The van der Waals surface area contributed by atoms with E-state index < -0.39 is 0 Å². The number of aromatic amines is 1. The molecule has 0 radical (unpaired) electrons. The number of H-pyrrole nitrogens is 1. The minimum absolute atomic E-state index is 0.0270. The Bertz CT molecular complexity index is 496. The van der Waals surface area contributed by atoms with Crippen LogP contribution in [0.2, 0.25) is 5.02 Å². The quantitative estimate of drug-likeness (QED) is 0.796. The van der Waals surface area contributed by atoms with Gasteiger partial charge in [0.1, 0.15) is 10.9 Å². The molecule has 86 valence electrons. The second-order valence-electron chi connectivity index (χ2n) is 3.64. The first kappa shape index (κ1) is 11.5. The Balaban J connectivity index is 2.50. The van der Waals surface area contributed by atoms with Gasteiger partial charge in [-0.2, -0.15) is 0 Å². The first-order valence-electron chi connectivity index (χ1n) is 4.93. The predicted molar refractivity (Wildman–Crippen MR) is 63.4 cm³/mol. The number of halogens is 2. The van der Waals surface area contributed by atoms with Gasteiger partial charge in [0.05, 0.1) is 5.69 Å². The molecule has 1 aliphatic rings. The van der Waals surface area contributed by atoms with Crippen molar-refractivity contribution in [3.8, 4) is 0 Å². The van der Waals surface area contributed by atoms with E-state index >= 15 is 0 Å². The van der Waals surface area contributed by atoms with Gasteiger partial charge in [-0.25, -0.2) is 0 Å². The van der Waals surface area contributed by atoms with Crippen LogP contribution in [0.1, 0.15) is 17.7 Å². The van der Waals surface area contributed by atoms with E-state index in [-0.39, 0.29) is 22.4 Å². The summed E-state index contributed by atoms with van der Waals surface area (Å²) in [7, 11) is 0. The van der Waals surface area contributed by atoms with Crippen molar-refractivity contribution in [2.45, 2.75) is 19.3 Å². The smallest absolute Gasteiger partial charge is 0.269 e. The maximum atomic E-state index is 11.5. The molecule has 0 aromatic carbocycles. The molecular formula is C10H10Cl2N2O2. The normalized spacial score (nSPS) is 13.6. The lowest BCUT2D eigenvalue weighted by Crippen LogP contribution is -2.19. The van der Waals surface area contributed by atoms with Gasteiger partial charge in [-0.15, -0.1) is 11.6 Å². The number of carbonyl (C=O) groups is 1. The summed E-state index contributed by atoms with van der Waals surface area (Å²) in [6.45, 7) is 0. The van der Waals surface area contributed by atoms with E-state index in [0.717, 1.165) is 30.5 Å². The highest BCUT2D eigenvalue weighted by Crippen LogP contribution is 2.30. The highest BCUT2D eigenvalue weighted by Gasteiger charge is 2.21. The molecule has 1 heterocycles. The van der Waals surface area contributed by atoms with Gasteiger partial charge in [0.2, 0.25) is 5.91 Å². The summed E-state index contributed by atoms with van der Waals surface area (Å²) in [6, 6.07) is 0. The Morgan fingerprint density at radius 2 is 2.19 bits per heavy atom. The monoisotopic (exact) mass is 260 g/mol. The Labute approximate surface area is 102 Å². The highest BCUT2D eigenvalue weighted by molar-refractivity contribution is 6.34. The summed E-state index contributed by atoms with van der Waals surface area (Å²) in [5.41, 5.74) is 1.83. The van der Waals surface area contributed by atoms with Crippen LogP contribution in [0, 0.1) is 0 Å². The zero-order chi connectivity index (χ0) is 11.7. The predicted octanol–water partition coefficient (Wildman–Crippen LogP) is 1.69. The molecule has 0 fully saturated rings. The molecule has 0 saturated carbocycles. The standard InChI is InChI=1S/C10H10Cl2N2O2/c11-4-7(15)14-9-5-2-1-3-6(5)13-10(16)8(9)12/h1-4H2,(H2,13,14,15,16). The molecule has 2 N–H and O–H groups in total. The van der Waals surface area contributed by atoms with Crippen LogP contribution in [0.15, 0.2) is 4.79 Å². The molecule has 16 heavy (non-hydrogen) atoms. The van der Waals surface area contributed by atoms with Gasteiger partial charge in [-0.1, -0.05) is 11.6 Å². The van der Waals surface area contributed by atoms with Gasteiger partial charge in [-0.3, -0.25) is 9.59 Å². The summed E-state index contributed by atoms with van der Waals surface area (Å²) >= 11 is 11.3. The number of anilines is 1. The second-order valence-corrected chi connectivity index (χ2v) is 4.28. The molecule has 6 heteroatoms. The zero-order valence-corrected chi connectivity index (χ0v) is 9.91. The van der Waals surface area contributed by atoms with E-state index in [9.17, 15) is 9.59 Å². The molecule has 0 saturated heterocycles. The van der Waals surface area contributed by atoms with Gasteiger partial charge in [-0.05, 0) is 24.8 Å². The lowest BCUT2D eigenvalue weighted by atomic mass is 10.2. The van der Waals surface area contributed by atoms with Crippen LogP contribution in [0.5, 0.6) is 0 Å². The van der Waals surface area contributed by atoms with E-state index in [1.807, 2.05) is 0 Å². The lowest BCUT2D eigenvalue weighted by Gasteiger charge is -2.10. The molecule has 0 spiro atoms. The number of hydrogen-bond acceptors (Lipinski definition) is 2. The van der Waals surface area contributed by atoms with Gasteiger partial charge in [0.15, 0.2) is 0 Å². The molecule has 1 amide bonds. The molecule has 1 aromatic rings. The molecule has 1 aliphatic carbocycles. The Morgan fingerprint density at radius 1 is 1.44 bits per heavy atom. The first-order chi connectivity index (χ1) is 7.63. The summed E-state index contributed by atoms with van der Waals surface area (Å²) in [5.74, 6) is -0.513. The molecule has 0 unspecified atom stereocenters. The lowest BCUT2D eigenvalue weighted by molar-refractivity contribution is -0.113. The minimum Gasteiger partial charge on any atom is -0.325 e. The number of aromatic nitrogens is 1. The molecule has 0 bridgehead atoms. The number of aryl methyl sites for hydroxylation is 1. The van der Waals surface area contributed by atoms with E-state index in [2.05, 4.69) is 10.3 Å². The summed E-state index contributed by atoms with van der Waals surface area (Å²) in [4.78, 5) is 25.4. The van der Waals surface area contributed by atoms with Crippen molar-refractivity contribution < 1.29 is 4.79 Å². The topological polar surface area (TPSA) is 62.0 Å². The average molecular weight is 261 g/mol. The summed E-state index contributed by atoms with van der Waals surface area (Å²) in [6.07, 6.45) is 2.57. The fraction of sp³-hybridized carbons (Fsp3) is 0.400. The van der Waals surface area contributed by atoms with Crippen molar-refractivity contribution in [2.24, 2.45) is 0 Å². The van der Waals surface area contributed by atoms with Crippen molar-refractivity contribution >= 4 is 34.8 Å². The van der Waals surface area contributed by atoms with Crippen molar-refractivity contribution in [1.29, 1.82) is 0 Å². The van der Waals surface area contributed by atoms with Crippen LogP contribution < -0.4 is 10.9 Å². The molecule has 4 nitrogen and oxygen atoms in total. The van der Waals surface area contributed by atoms with Crippen molar-refractivity contribution in [3.05, 3.63) is 26.6 Å². The van der Waals surface area contributed by atoms with Gasteiger partial charge < -0.3 is 10.3 Å². The molecule has 1 aromatic heterocycles. The Hall–Kier alpha value is -1.00. The van der Waals surface area contributed by atoms with Crippen LogP contribution in [-0.2, 0) is 17.6 Å². The fourth-order valence-electron chi connectivity index (χ4n) is 1.90. The van der Waals surface area contributed by atoms with Crippen molar-refractivity contribution in [1.82, 2.24) is 4.98 Å². The molecular weight excluding hydrogens is 251 g/mol. The highest BCUT2D eigenvalue weighted by atomic mass is 35.5. The van der Waals surface area contributed by atoms with E-state index in [0.29, 0.717) is 5.69 Å². The van der Waals surface area contributed by atoms with Crippen LogP contribution in [-0.4, -0.2) is 16.8 Å². The number of amides is 1. The SMILES string of the molecule is O=C(CCl)Nc1c2c([nH]c(=O)c1Cl)CCC2. The first-order valence-corrected chi connectivity index (χ1v) is 5.84. The van der Waals surface area contributed by atoms with E-state index in [1.54, 1.807) is 0 Å².